The first-order valence-electron chi connectivity index (χ1n) is 5.38. The van der Waals surface area contributed by atoms with Crippen molar-refractivity contribution in [1.29, 1.82) is 0 Å². The number of aryl methyl sites for hydroxylation is 2. The summed E-state index contributed by atoms with van der Waals surface area (Å²) in [5.41, 5.74) is 1.75. The van der Waals surface area contributed by atoms with Crippen molar-refractivity contribution >= 4 is 5.97 Å². The van der Waals surface area contributed by atoms with Crippen molar-refractivity contribution in [1.82, 2.24) is 9.97 Å². The van der Waals surface area contributed by atoms with Gasteiger partial charge in [-0.25, -0.2) is 14.8 Å². The number of aromatic nitrogens is 2. The highest BCUT2D eigenvalue weighted by atomic mass is 16.5. The van der Waals surface area contributed by atoms with Gasteiger partial charge in [-0.1, -0.05) is 0 Å². The second-order valence-corrected chi connectivity index (χ2v) is 3.87. The zero-order chi connectivity index (χ0) is 13.1. The smallest absolute Gasteiger partial charge is 0.335 e. The summed E-state index contributed by atoms with van der Waals surface area (Å²) in [6, 6.07) is 6.66. The molecule has 92 valence electrons. The van der Waals surface area contributed by atoms with Gasteiger partial charge in [0.25, 0.3) is 0 Å². The number of ether oxygens (including phenoxy) is 1. The standard InChI is InChI=1S/C13H12N2O3/c1-8-7-10(12(16)17)3-4-11(8)18-13-14-6-5-9(2)15-13/h3-7H,1-2H3,(H,16,17). The van der Waals surface area contributed by atoms with E-state index in [1.807, 2.05) is 6.92 Å². The Hall–Kier alpha value is -2.43. The number of carboxylic acid groups (broad SMARTS) is 1. The lowest BCUT2D eigenvalue weighted by molar-refractivity contribution is 0.0697. The molecule has 0 aliphatic heterocycles. The number of aromatic carboxylic acids is 1. The van der Waals surface area contributed by atoms with E-state index in [1.54, 1.807) is 31.3 Å². The molecule has 0 fully saturated rings. The van der Waals surface area contributed by atoms with Crippen molar-refractivity contribution in [2.24, 2.45) is 0 Å². The Kier molecular flexibility index (Phi) is 3.23. The van der Waals surface area contributed by atoms with E-state index >= 15 is 0 Å². The quantitative estimate of drug-likeness (QED) is 0.898. The summed E-state index contributed by atoms with van der Waals surface area (Å²) in [4.78, 5) is 18.9. The largest absolute Gasteiger partial charge is 0.478 e. The topological polar surface area (TPSA) is 72.3 Å². The lowest BCUT2D eigenvalue weighted by Gasteiger charge is -2.07. The minimum atomic E-state index is -0.962. The average molecular weight is 244 g/mol. The molecule has 0 spiro atoms. The van der Waals surface area contributed by atoms with Gasteiger partial charge in [-0.15, -0.1) is 0 Å². The molecular formula is C13H12N2O3. The van der Waals surface area contributed by atoms with Crippen LogP contribution in [0.4, 0.5) is 0 Å². The average Bonchev–Trinajstić information content (AvgIpc) is 2.31. The van der Waals surface area contributed by atoms with Gasteiger partial charge in [0.2, 0.25) is 0 Å². The highest BCUT2D eigenvalue weighted by Gasteiger charge is 2.08. The first-order chi connectivity index (χ1) is 8.56. The molecule has 1 aromatic carbocycles. The highest BCUT2D eigenvalue weighted by molar-refractivity contribution is 5.88. The Labute approximate surface area is 104 Å². The third-order valence-corrected chi connectivity index (χ3v) is 2.40. The summed E-state index contributed by atoms with van der Waals surface area (Å²) in [7, 11) is 0. The van der Waals surface area contributed by atoms with Gasteiger partial charge in [-0.05, 0) is 43.7 Å². The lowest BCUT2D eigenvalue weighted by Crippen LogP contribution is -1.99. The molecule has 0 amide bonds. The van der Waals surface area contributed by atoms with Gasteiger partial charge < -0.3 is 9.84 Å². The van der Waals surface area contributed by atoms with Crippen LogP contribution in [0.2, 0.25) is 0 Å². The summed E-state index contributed by atoms with van der Waals surface area (Å²) < 4.78 is 5.51. The number of benzene rings is 1. The van der Waals surface area contributed by atoms with E-state index in [0.29, 0.717) is 5.75 Å². The highest BCUT2D eigenvalue weighted by Crippen LogP contribution is 2.23. The van der Waals surface area contributed by atoms with E-state index < -0.39 is 5.97 Å². The molecule has 1 aromatic heterocycles. The number of rotatable bonds is 3. The van der Waals surface area contributed by atoms with E-state index in [0.717, 1.165) is 11.3 Å². The molecular weight excluding hydrogens is 232 g/mol. The maximum atomic E-state index is 10.8. The molecule has 0 unspecified atom stereocenters. The van der Waals surface area contributed by atoms with E-state index in [9.17, 15) is 4.79 Å². The molecule has 2 aromatic rings. The van der Waals surface area contributed by atoms with Crippen molar-refractivity contribution in [2.75, 3.05) is 0 Å². The molecule has 0 radical (unpaired) electrons. The number of nitrogens with zero attached hydrogens (tertiary/aromatic N) is 2. The second kappa shape index (κ2) is 4.83. The maximum absolute atomic E-state index is 10.8. The third-order valence-electron chi connectivity index (χ3n) is 2.40. The summed E-state index contributed by atoms with van der Waals surface area (Å²) in [5.74, 6) is -0.415. The Balaban J connectivity index is 2.27. The summed E-state index contributed by atoms with van der Waals surface area (Å²) in [6.07, 6.45) is 1.61. The Morgan fingerprint density at radius 1 is 1.28 bits per heavy atom. The van der Waals surface area contributed by atoms with Gasteiger partial charge >= 0.3 is 12.0 Å². The molecule has 0 saturated carbocycles. The van der Waals surface area contributed by atoms with Crippen molar-refractivity contribution < 1.29 is 14.6 Å². The predicted molar refractivity (Wildman–Crippen MR) is 65.0 cm³/mol. The van der Waals surface area contributed by atoms with Crippen LogP contribution >= 0.6 is 0 Å². The first-order valence-corrected chi connectivity index (χ1v) is 5.38. The minimum absolute atomic E-state index is 0.227. The van der Waals surface area contributed by atoms with Crippen LogP contribution in [-0.4, -0.2) is 21.0 Å². The van der Waals surface area contributed by atoms with Gasteiger partial charge in [0, 0.05) is 11.9 Å². The Morgan fingerprint density at radius 3 is 2.67 bits per heavy atom. The van der Waals surface area contributed by atoms with Crippen LogP contribution < -0.4 is 4.74 Å². The van der Waals surface area contributed by atoms with Gasteiger partial charge in [-0.2, -0.15) is 0 Å². The Morgan fingerprint density at radius 2 is 2.06 bits per heavy atom. The van der Waals surface area contributed by atoms with Crippen LogP contribution in [0.15, 0.2) is 30.5 Å². The van der Waals surface area contributed by atoms with Gasteiger partial charge in [-0.3, -0.25) is 0 Å². The number of carbonyl (C=O) groups is 1. The van der Waals surface area contributed by atoms with Crippen LogP contribution in [0.3, 0.4) is 0 Å². The first kappa shape index (κ1) is 12.0. The molecule has 0 aliphatic rings. The SMILES string of the molecule is Cc1ccnc(Oc2ccc(C(=O)O)cc2C)n1. The normalized spacial score (nSPS) is 10.1. The molecule has 1 N–H and O–H groups in total. The van der Waals surface area contributed by atoms with E-state index in [-0.39, 0.29) is 11.6 Å². The fraction of sp³-hybridized carbons (Fsp3) is 0.154. The van der Waals surface area contributed by atoms with Crippen LogP contribution in [0.25, 0.3) is 0 Å². The van der Waals surface area contributed by atoms with Crippen LogP contribution in [0.5, 0.6) is 11.8 Å². The molecule has 18 heavy (non-hydrogen) atoms. The predicted octanol–water partition coefficient (Wildman–Crippen LogP) is 2.58. The molecule has 0 bridgehead atoms. The monoisotopic (exact) mass is 244 g/mol. The lowest BCUT2D eigenvalue weighted by atomic mass is 10.1. The Bertz CT molecular complexity index is 597. The number of hydrogen-bond donors (Lipinski definition) is 1. The van der Waals surface area contributed by atoms with E-state index in [1.165, 1.54) is 6.07 Å². The molecule has 0 atom stereocenters. The maximum Gasteiger partial charge on any atom is 0.335 e. The zero-order valence-corrected chi connectivity index (χ0v) is 10.0. The molecule has 2 rings (SSSR count). The summed E-state index contributed by atoms with van der Waals surface area (Å²) in [6.45, 7) is 3.62. The van der Waals surface area contributed by atoms with Crippen molar-refractivity contribution in [2.45, 2.75) is 13.8 Å². The number of hydrogen-bond acceptors (Lipinski definition) is 4. The van der Waals surface area contributed by atoms with Crippen molar-refractivity contribution in [3.8, 4) is 11.8 Å². The van der Waals surface area contributed by atoms with E-state index in [2.05, 4.69) is 9.97 Å². The zero-order valence-electron chi connectivity index (χ0n) is 10.0. The van der Waals surface area contributed by atoms with Gasteiger partial charge in [0.15, 0.2) is 0 Å². The molecule has 0 saturated heterocycles. The molecule has 1 heterocycles. The van der Waals surface area contributed by atoms with Crippen LogP contribution in [-0.2, 0) is 0 Å². The summed E-state index contributed by atoms with van der Waals surface area (Å²) in [5, 5.41) is 8.86. The van der Waals surface area contributed by atoms with Crippen LogP contribution in [0, 0.1) is 13.8 Å². The molecule has 0 aliphatic carbocycles. The van der Waals surface area contributed by atoms with Gasteiger partial charge in [0.05, 0.1) is 5.56 Å². The third kappa shape index (κ3) is 2.63. The van der Waals surface area contributed by atoms with Crippen molar-refractivity contribution in [3.05, 3.63) is 47.3 Å². The minimum Gasteiger partial charge on any atom is -0.478 e. The fourth-order valence-electron chi connectivity index (χ4n) is 1.47. The van der Waals surface area contributed by atoms with E-state index in [4.69, 9.17) is 9.84 Å². The van der Waals surface area contributed by atoms with Gasteiger partial charge in [0.1, 0.15) is 5.75 Å². The second-order valence-electron chi connectivity index (χ2n) is 3.87. The van der Waals surface area contributed by atoms with Crippen molar-refractivity contribution in [3.63, 3.8) is 0 Å². The van der Waals surface area contributed by atoms with Crippen LogP contribution in [0.1, 0.15) is 21.6 Å². The fourth-order valence-corrected chi connectivity index (χ4v) is 1.47. The summed E-state index contributed by atoms with van der Waals surface area (Å²) >= 11 is 0. The number of carboxylic acids is 1. The molecule has 5 nitrogen and oxygen atoms in total. The molecule has 5 heteroatoms.